The monoisotopic (exact) mass is 486 g/mol. The first-order chi connectivity index (χ1) is 17.5. The molecule has 0 saturated heterocycles. The lowest BCUT2D eigenvalue weighted by Crippen LogP contribution is -2.25. The van der Waals surface area contributed by atoms with Gasteiger partial charge in [0.25, 0.3) is 11.5 Å². The number of hydrogen-bond donors (Lipinski definition) is 2. The van der Waals surface area contributed by atoms with Gasteiger partial charge in [-0.3, -0.25) is 14.7 Å². The Balaban J connectivity index is 1.52. The van der Waals surface area contributed by atoms with Crippen molar-refractivity contribution in [3.63, 3.8) is 0 Å². The molecule has 8 nitrogen and oxygen atoms in total. The minimum Gasteiger partial charge on any atom is -0.497 e. The summed E-state index contributed by atoms with van der Waals surface area (Å²) in [5.41, 5.74) is 5.13. The van der Waals surface area contributed by atoms with Gasteiger partial charge in [0.2, 0.25) is 0 Å². The summed E-state index contributed by atoms with van der Waals surface area (Å²) in [5, 5.41) is 10.2. The van der Waals surface area contributed by atoms with Crippen LogP contribution in [-0.2, 0) is 17.8 Å². The van der Waals surface area contributed by atoms with E-state index in [1.54, 1.807) is 43.3 Å². The number of amides is 1. The average molecular weight is 487 g/mol. The third-order valence-electron chi connectivity index (χ3n) is 6.22. The van der Waals surface area contributed by atoms with E-state index in [4.69, 9.17) is 9.47 Å². The van der Waals surface area contributed by atoms with E-state index in [0.29, 0.717) is 31.0 Å². The number of pyridine rings is 1. The highest BCUT2D eigenvalue weighted by Crippen LogP contribution is 2.27. The molecule has 2 N–H and O–H groups in total. The Morgan fingerprint density at radius 2 is 1.92 bits per heavy atom. The number of ether oxygens (including phenoxy) is 2. The van der Waals surface area contributed by atoms with Crippen LogP contribution in [-0.4, -0.2) is 41.5 Å². The zero-order valence-electron chi connectivity index (χ0n) is 20.7. The Kier molecular flexibility index (Phi) is 7.97. The number of hydrogen-bond acceptors (Lipinski definition) is 5. The molecule has 0 aliphatic carbocycles. The van der Waals surface area contributed by atoms with Crippen molar-refractivity contribution in [3.05, 3.63) is 117 Å². The second-order valence-corrected chi connectivity index (χ2v) is 8.59. The van der Waals surface area contributed by atoms with Gasteiger partial charge in [-0.25, -0.2) is 0 Å². The van der Waals surface area contributed by atoms with Crippen LogP contribution in [0.15, 0.2) is 77.9 Å². The minimum absolute atomic E-state index is 0.0453. The SMILES string of the molecule is COCC(c1ccc(Cn2ccccc2=O)cc1)c1[nH]ncc1C(=O)NCc1cc(OC)ccc1C. The summed E-state index contributed by atoms with van der Waals surface area (Å²) in [7, 11) is 3.25. The van der Waals surface area contributed by atoms with Crippen LogP contribution >= 0.6 is 0 Å². The molecule has 36 heavy (non-hydrogen) atoms. The van der Waals surface area contributed by atoms with Crippen molar-refractivity contribution in [2.24, 2.45) is 0 Å². The van der Waals surface area contributed by atoms with Crippen molar-refractivity contribution in [3.8, 4) is 5.75 Å². The largest absolute Gasteiger partial charge is 0.497 e. The van der Waals surface area contributed by atoms with Gasteiger partial charge in [0, 0.05) is 31.8 Å². The smallest absolute Gasteiger partial charge is 0.255 e. The predicted molar refractivity (Wildman–Crippen MR) is 137 cm³/mol. The van der Waals surface area contributed by atoms with Gasteiger partial charge in [-0.2, -0.15) is 5.10 Å². The van der Waals surface area contributed by atoms with E-state index in [2.05, 4.69) is 15.5 Å². The second kappa shape index (κ2) is 11.5. The van der Waals surface area contributed by atoms with Crippen LogP contribution in [0, 0.1) is 6.92 Å². The number of aromatic nitrogens is 3. The molecule has 0 bridgehead atoms. The summed E-state index contributed by atoms with van der Waals surface area (Å²) in [6, 6.07) is 18.9. The van der Waals surface area contributed by atoms with Crippen LogP contribution in [0.1, 0.15) is 44.2 Å². The highest BCUT2D eigenvalue weighted by atomic mass is 16.5. The number of carbonyl (C=O) groups is 1. The predicted octanol–water partition coefficient (Wildman–Crippen LogP) is 3.65. The maximum Gasteiger partial charge on any atom is 0.255 e. The fraction of sp³-hybridized carbons (Fsp3) is 0.250. The van der Waals surface area contributed by atoms with Crippen LogP contribution in [0.4, 0.5) is 0 Å². The quantitative estimate of drug-likeness (QED) is 0.357. The number of aryl methyl sites for hydroxylation is 1. The number of benzene rings is 2. The number of carbonyl (C=O) groups excluding carboxylic acids is 1. The molecule has 1 atom stereocenters. The van der Waals surface area contributed by atoms with E-state index < -0.39 is 0 Å². The van der Waals surface area contributed by atoms with Crippen molar-refractivity contribution in [2.45, 2.75) is 25.9 Å². The molecule has 0 aliphatic rings. The number of methoxy groups -OCH3 is 2. The third-order valence-corrected chi connectivity index (χ3v) is 6.22. The topological polar surface area (TPSA) is 98.2 Å². The maximum absolute atomic E-state index is 13.1. The number of nitrogens with one attached hydrogen (secondary N) is 2. The molecular weight excluding hydrogens is 456 g/mol. The van der Waals surface area contributed by atoms with Crippen molar-refractivity contribution in [2.75, 3.05) is 20.8 Å². The molecule has 0 saturated carbocycles. The highest BCUT2D eigenvalue weighted by molar-refractivity contribution is 5.95. The second-order valence-electron chi connectivity index (χ2n) is 8.59. The molecule has 8 heteroatoms. The lowest BCUT2D eigenvalue weighted by Gasteiger charge is -2.18. The number of aromatic amines is 1. The fourth-order valence-corrected chi connectivity index (χ4v) is 4.13. The molecule has 4 rings (SSSR count). The molecule has 0 fully saturated rings. The van der Waals surface area contributed by atoms with Crippen molar-refractivity contribution >= 4 is 5.91 Å². The Morgan fingerprint density at radius 3 is 2.64 bits per heavy atom. The van der Waals surface area contributed by atoms with Crippen LogP contribution in [0.2, 0.25) is 0 Å². The first-order valence-corrected chi connectivity index (χ1v) is 11.7. The zero-order chi connectivity index (χ0) is 25.5. The van der Waals surface area contributed by atoms with Crippen molar-refractivity contribution in [1.82, 2.24) is 20.1 Å². The van der Waals surface area contributed by atoms with E-state index in [1.807, 2.05) is 55.5 Å². The summed E-state index contributed by atoms with van der Waals surface area (Å²) < 4.78 is 12.5. The Labute approximate surface area is 209 Å². The molecule has 186 valence electrons. The molecular formula is C28H30N4O4. The average Bonchev–Trinajstić information content (AvgIpc) is 3.38. The Hall–Kier alpha value is -4.17. The van der Waals surface area contributed by atoms with Gasteiger partial charge in [0.15, 0.2) is 0 Å². The number of H-pyrrole nitrogens is 1. The van der Waals surface area contributed by atoms with E-state index in [9.17, 15) is 9.59 Å². The van der Waals surface area contributed by atoms with Crippen LogP contribution in [0.3, 0.4) is 0 Å². The molecule has 2 aromatic carbocycles. The van der Waals surface area contributed by atoms with Crippen LogP contribution in [0.5, 0.6) is 5.75 Å². The lowest BCUT2D eigenvalue weighted by molar-refractivity contribution is 0.0949. The normalized spacial score (nSPS) is 11.8. The molecule has 2 heterocycles. The van der Waals surface area contributed by atoms with E-state index in [1.165, 1.54) is 0 Å². The van der Waals surface area contributed by atoms with Crippen LogP contribution < -0.4 is 15.6 Å². The minimum atomic E-state index is -0.220. The molecule has 0 spiro atoms. The van der Waals surface area contributed by atoms with Crippen molar-refractivity contribution < 1.29 is 14.3 Å². The van der Waals surface area contributed by atoms with Crippen LogP contribution in [0.25, 0.3) is 0 Å². The molecule has 2 aromatic heterocycles. The lowest BCUT2D eigenvalue weighted by atomic mass is 9.93. The molecule has 1 amide bonds. The number of rotatable bonds is 10. The van der Waals surface area contributed by atoms with Gasteiger partial charge in [0.05, 0.1) is 37.7 Å². The maximum atomic E-state index is 13.1. The zero-order valence-corrected chi connectivity index (χ0v) is 20.7. The van der Waals surface area contributed by atoms with E-state index in [0.717, 1.165) is 28.0 Å². The molecule has 0 aliphatic heterocycles. The summed E-state index contributed by atoms with van der Waals surface area (Å²) in [4.78, 5) is 25.1. The highest BCUT2D eigenvalue weighted by Gasteiger charge is 2.23. The first-order valence-electron chi connectivity index (χ1n) is 11.7. The van der Waals surface area contributed by atoms with Gasteiger partial charge in [-0.15, -0.1) is 0 Å². The number of nitrogens with zero attached hydrogens (tertiary/aromatic N) is 2. The Morgan fingerprint density at radius 1 is 1.11 bits per heavy atom. The molecule has 4 aromatic rings. The molecule has 1 unspecified atom stereocenters. The van der Waals surface area contributed by atoms with Gasteiger partial charge in [0.1, 0.15) is 5.75 Å². The fourth-order valence-electron chi connectivity index (χ4n) is 4.13. The van der Waals surface area contributed by atoms with E-state index in [-0.39, 0.29) is 17.4 Å². The van der Waals surface area contributed by atoms with Gasteiger partial charge < -0.3 is 19.4 Å². The third kappa shape index (κ3) is 5.72. The summed E-state index contributed by atoms with van der Waals surface area (Å²) in [6.45, 7) is 3.22. The Bertz CT molecular complexity index is 1370. The first kappa shape index (κ1) is 24.9. The summed E-state index contributed by atoms with van der Waals surface area (Å²) in [5.74, 6) is 0.307. The van der Waals surface area contributed by atoms with E-state index >= 15 is 0 Å². The molecule has 0 radical (unpaired) electrons. The van der Waals surface area contributed by atoms with Gasteiger partial charge in [-0.1, -0.05) is 36.4 Å². The van der Waals surface area contributed by atoms with Gasteiger partial charge in [-0.05, 0) is 47.4 Å². The van der Waals surface area contributed by atoms with Crippen molar-refractivity contribution in [1.29, 1.82) is 0 Å². The van der Waals surface area contributed by atoms with Gasteiger partial charge >= 0.3 is 0 Å². The summed E-state index contributed by atoms with van der Waals surface area (Å²) >= 11 is 0. The summed E-state index contributed by atoms with van der Waals surface area (Å²) in [6.07, 6.45) is 3.31. The standard InChI is InChI=1S/C28H30N4O4/c1-19-7-12-23(36-3)14-22(19)15-29-28(34)24-16-30-31-27(24)25(18-35-2)21-10-8-20(9-11-21)17-32-13-5-4-6-26(32)33/h4-14,16,25H,15,17-18H2,1-3H3,(H,29,34)(H,30,31).